The van der Waals surface area contributed by atoms with Gasteiger partial charge in [0.1, 0.15) is 5.82 Å². The number of sulfone groups is 1. The van der Waals surface area contributed by atoms with Crippen molar-refractivity contribution in [2.75, 3.05) is 16.8 Å². The molecule has 1 aromatic heterocycles. The number of rotatable bonds is 5. The number of hydrogen-bond donors (Lipinski definition) is 3. The number of anilines is 2. The summed E-state index contributed by atoms with van der Waals surface area (Å²) in [6.45, 7) is 1.57. The summed E-state index contributed by atoms with van der Waals surface area (Å²) in [4.78, 5) is 19.1. The number of nitrogens with two attached hydrogens (primary N) is 2. The summed E-state index contributed by atoms with van der Waals surface area (Å²) in [5, 5.41) is 2.44. The number of nitrogens with zero attached hydrogens (tertiary/aromatic N) is 2. The summed E-state index contributed by atoms with van der Waals surface area (Å²) in [5.41, 5.74) is 12.3. The van der Waals surface area contributed by atoms with Gasteiger partial charge in [-0.05, 0) is 24.3 Å². The van der Waals surface area contributed by atoms with Crippen molar-refractivity contribution in [1.29, 1.82) is 0 Å². The van der Waals surface area contributed by atoms with E-state index in [0.29, 0.717) is 22.8 Å². The van der Waals surface area contributed by atoms with E-state index < -0.39 is 15.9 Å². The van der Waals surface area contributed by atoms with Crippen molar-refractivity contribution in [2.24, 2.45) is 5.73 Å². The third-order valence-corrected chi connectivity index (χ3v) is 4.63. The van der Waals surface area contributed by atoms with Crippen LogP contribution in [0, 0.1) is 0 Å². The Kier molecular flexibility index (Phi) is 4.80. The van der Waals surface area contributed by atoms with Crippen LogP contribution in [0.5, 0.6) is 0 Å². The van der Waals surface area contributed by atoms with Crippen LogP contribution in [0.15, 0.2) is 30.3 Å². The lowest BCUT2D eigenvalue weighted by molar-refractivity contribution is 0.259. The number of amides is 2. The topological polar surface area (TPSA) is 141 Å². The summed E-state index contributed by atoms with van der Waals surface area (Å²) < 4.78 is 23.4. The quantitative estimate of drug-likeness (QED) is 0.748. The van der Waals surface area contributed by atoms with Crippen molar-refractivity contribution in [3.8, 4) is 11.4 Å². The molecule has 0 spiro atoms. The van der Waals surface area contributed by atoms with Crippen molar-refractivity contribution in [1.82, 2.24) is 9.97 Å². The minimum Gasteiger partial charge on any atom is -0.384 e. The van der Waals surface area contributed by atoms with E-state index in [2.05, 4.69) is 15.3 Å². The van der Waals surface area contributed by atoms with Crippen LogP contribution in [-0.2, 0) is 15.6 Å². The average Bonchev–Trinajstić information content (AvgIpc) is 2.46. The monoisotopic (exact) mass is 335 g/mol. The van der Waals surface area contributed by atoms with Crippen LogP contribution in [0.2, 0.25) is 0 Å². The van der Waals surface area contributed by atoms with E-state index >= 15 is 0 Å². The summed E-state index contributed by atoms with van der Waals surface area (Å²) in [6.07, 6.45) is 0. The van der Waals surface area contributed by atoms with Gasteiger partial charge < -0.3 is 16.8 Å². The second-order valence-electron chi connectivity index (χ2n) is 4.85. The van der Waals surface area contributed by atoms with E-state index in [4.69, 9.17) is 11.5 Å². The Hall–Kier alpha value is -2.68. The van der Waals surface area contributed by atoms with Crippen molar-refractivity contribution in [2.45, 2.75) is 12.7 Å². The molecule has 122 valence electrons. The van der Waals surface area contributed by atoms with Gasteiger partial charge in [0.15, 0.2) is 15.7 Å². The van der Waals surface area contributed by atoms with Crippen LogP contribution in [0.25, 0.3) is 11.4 Å². The predicted octanol–water partition coefficient (Wildman–Crippen LogP) is 1.15. The van der Waals surface area contributed by atoms with E-state index in [-0.39, 0.29) is 17.3 Å². The van der Waals surface area contributed by atoms with Gasteiger partial charge >= 0.3 is 6.03 Å². The lowest BCUT2D eigenvalue weighted by Crippen LogP contribution is -2.19. The second kappa shape index (κ2) is 6.61. The van der Waals surface area contributed by atoms with Crippen LogP contribution in [0.4, 0.5) is 16.3 Å². The molecule has 8 nitrogen and oxygen atoms in total. The van der Waals surface area contributed by atoms with E-state index in [0.717, 1.165) is 0 Å². The Balaban J connectivity index is 2.32. The molecule has 0 atom stereocenters. The first-order chi connectivity index (χ1) is 10.8. The number of nitrogen functional groups attached to an aromatic ring is 1. The number of benzene rings is 1. The zero-order valence-corrected chi connectivity index (χ0v) is 13.3. The molecule has 0 aliphatic rings. The molecule has 23 heavy (non-hydrogen) atoms. The van der Waals surface area contributed by atoms with Crippen LogP contribution in [0.3, 0.4) is 0 Å². The number of nitrogens with one attached hydrogen (secondary N) is 1. The maximum Gasteiger partial charge on any atom is 0.316 e. The van der Waals surface area contributed by atoms with Crippen molar-refractivity contribution < 1.29 is 13.2 Å². The van der Waals surface area contributed by atoms with E-state index in [1.165, 1.54) is 6.07 Å². The molecule has 9 heteroatoms. The number of aromatic nitrogens is 2. The second-order valence-corrected chi connectivity index (χ2v) is 7.20. The van der Waals surface area contributed by atoms with Crippen LogP contribution >= 0.6 is 0 Å². The molecule has 5 N–H and O–H groups in total. The van der Waals surface area contributed by atoms with Gasteiger partial charge in [0.05, 0.1) is 11.4 Å². The van der Waals surface area contributed by atoms with Gasteiger partial charge in [0, 0.05) is 23.1 Å². The molecule has 1 heterocycles. The third kappa shape index (κ3) is 4.65. The molecule has 2 aromatic rings. The Labute approximate surface area is 133 Å². The van der Waals surface area contributed by atoms with Gasteiger partial charge in [-0.1, -0.05) is 6.92 Å². The molecule has 1 aromatic carbocycles. The highest BCUT2D eigenvalue weighted by Crippen LogP contribution is 2.20. The highest BCUT2D eigenvalue weighted by molar-refractivity contribution is 7.90. The third-order valence-electron chi connectivity index (χ3n) is 3.02. The zero-order chi connectivity index (χ0) is 17.0. The Morgan fingerprint density at radius 2 is 1.87 bits per heavy atom. The molecule has 0 fully saturated rings. The summed E-state index contributed by atoms with van der Waals surface area (Å²) in [7, 11) is -3.22. The smallest absolute Gasteiger partial charge is 0.316 e. The average molecular weight is 335 g/mol. The maximum absolute atomic E-state index is 11.7. The molecule has 0 aliphatic heterocycles. The maximum atomic E-state index is 11.7. The van der Waals surface area contributed by atoms with Crippen molar-refractivity contribution >= 4 is 27.4 Å². The fourth-order valence-corrected chi connectivity index (χ4v) is 2.70. The minimum absolute atomic E-state index is 0.0275. The van der Waals surface area contributed by atoms with Crippen molar-refractivity contribution in [3.05, 3.63) is 36.0 Å². The fourth-order valence-electron chi connectivity index (χ4n) is 1.89. The van der Waals surface area contributed by atoms with Gasteiger partial charge in [-0.2, -0.15) is 0 Å². The normalized spacial score (nSPS) is 11.2. The minimum atomic E-state index is -3.22. The largest absolute Gasteiger partial charge is 0.384 e. The first-order valence-electron chi connectivity index (χ1n) is 6.80. The van der Waals surface area contributed by atoms with Crippen LogP contribution in [-0.4, -0.2) is 30.2 Å². The Morgan fingerprint density at radius 1 is 1.22 bits per heavy atom. The summed E-state index contributed by atoms with van der Waals surface area (Å²) >= 11 is 0. The number of carbonyl (C=O) groups excluding carboxylic acids is 1. The molecule has 0 bridgehead atoms. The number of urea groups is 1. The molecule has 0 unspecified atom stereocenters. The molecule has 0 saturated carbocycles. The van der Waals surface area contributed by atoms with Gasteiger partial charge in [0.25, 0.3) is 0 Å². The molecule has 0 aliphatic carbocycles. The summed E-state index contributed by atoms with van der Waals surface area (Å²) in [6, 6.07) is 7.41. The standard InChI is InChI=1S/C14H17N5O3S/c1-2-23(21,22)8-11-7-12(15)19-13(17-11)9-3-5-10(6-4-9)18-14(16)20/h3-7H,2,8H2,1H3,(H2,15,17,19)(H3,16,18,20). The van der Waals surface area contributed by atoms with Gasteiger partial charge in [0.2, 0.25) is 0 Å². The number of hydrogen-bond acceptors (Lipinski definition) is 6. The number of primary amides is 1. The van der Waals surface area contributed by atoms with E-state index in [1.54, 1.807) is 31.2 Å². The zero-order valence-electron chi connectivity index (χ0n) is 12.5. The van der Waals surface area contributed by atoms with Crippen LogP contribution < -0.4 is 16.8 Å². The molecule has 2 amide bonds. The SMILES string of the molecule is CCS(=O)(=O)Cc1cc(N)nc(-c2ccc(NC(N)=O)cc2)n1. The molecule has 2 rings (SSSR count). The highest BCUT2D eigenvalue weighted by atomic mass is 32.2. The van der Waals surface area contributed by atoms with Gasteiger partial charge in [-0.25, -0.2) is 23.2 Å². The fraction of sp³-hybridized carbons (Fsp3) is 0.214. The summed E-state index contributed by atoms with van der Waals surface area (Å²) in [5.74, 6) is 0.345. The van der Waals surface area contributed by atoms with E-state index in [1.807, 2.05) is 0 Å². The van der Waals surface area contributed by atoms with Gasteiger partial charge in [-0.3, -0.25) is 0 Å². The predicted molar refractivity (Wildman–Crippen MR) is 88.3 cm³/mol. The highest BCUT2D eigenvalue weighted by Gasteiger charge is 2.13. The molecule has 0 saturated heterocycles. The molecule has 0 radical (unpaired) electrons. The number of carbonyl (C=O) groups is 1. The van der Waals surface area contributed by atoms with Crippen LogP contribution in [0.1, 0.15) is 12.6 Å². The molecular formula is C14H17N5O3S. The lowest BCUT2D eigenvalue weighted by atomic mass is 10.2. The first-order valence-corrected chi connectivity index (χ1v) is 8.62. The first kappa shape index (κ1) is 16.7. The molecular weight excluding hydrogens is 318 g/mol. The lowest BCUT2D eigenvalue weighted by Gasteiger charge is -2.07. The Morgan fingerprint density at radius 3 is 2.43 bits per heavy atom. The van der Waals surface area contributed by atoms with Gasteiger partial charge in [-0.15, -0.1) is 0 Å². The van der Waals surface area contributed by atoms with E-state index in [9.17, 15) is 13.2 Å². The van der Waals surface area contributed by atoms with Crippen molar-refractivity contribution in [3.63, 3.8) is 0 Å². The Bertz CT molecular complexity index is 819.